The fraction of sp³-hybridized carbons (Fsp3) is 0.357. The molecule has 1 N–H and O–H groups in total. The first kappa shape index (κ1) is 13.4. The van der Waals surface area contributed by atoms with Crippen molar-refractivity contribution >= 4 is 5.82 Å². The Balaban J connectivity index is 2.49. The van der Waals surface area contributed by atoms with Crippen LogP contribution in [0.1, 0.15) is 25.8 Å². The summed E-state index contributed by atoms with van der Waals surface area (Å²) in [5.74, 6) is 0.419. The number of pyridine rings is 1. The minimum Gasteiger partial charge on any atom is -0.370 e. The van der Waals surface area contributed by atoms with Gasteiger partial charge >= 0.3 is 0 Å². The van der Waals surface area contributed by atoms with E-state index < -0.39 is 0 Å². The number of anilines is 1. The van der Waals surface area contributed by atoms with Crippen molar-refractivity contribution in [2.75, 3.05) is 11.9 Å². The van der Waals surface area contributed by atoms with Gasteiger partial charge in [0.15, 0.2) is 5.82 Å². The molecule has 19 heavy (non-hydrogen) atoms. The van der Waals surface area contributed by atoms with Crippen LogP contribution in [0.15, 0.2) is 24.8 Å². The van der Waals surface area contributed by atoms with E-state index in [0.717, 1.165) is 30.8 Å². The first-order valence-electron chi connectivity index (χ1n) is 6.45. The van der Waals surface area contributed by atoms with E-state index in [9.17, 15) is 4.39 Å². The average molecular weight is 260 g/mol. The van der Waals surface area contributed by atoms with Crippen LogP contribution in [-0.2, 0) is 6.42 Å². The molecular formula is C14H17FN4. The lowest BCUT2D eigenvalue weighted by Crippen LogP contribution is -2.07. The highest BCUT2D eigenvalue weighted by Crippen LogP contribution is 2.27. The van der Waals surface area contributed by atoms with Crippen molar-refractivity contribution in [1.29, 1.82) is 0 Å². The molecule has 0 aliphatic carbocycles. The van der Waals surface area contributed by atoms with Gasteiger partial charge in [-0.1, -0.05) is 13.8 Å². The summed E-state index contributed by atoms with van der Waals surface area (Å²) < 4.78 is 13.8. The molecular weight excluding hydrogens is 243 g/mol. The highest BCUT2D eigenvalue weighted by molar-refractivity contribution is 5.68. The predicted molar refractivity (Wildman–Crippen MR) is 73.4 cm³/mol. The third-order valence-corrected chi connectivity index (χ3v) is 2.87. The molecule has 0 radical (unpaired) electrons. The summed E-state index contributed by atoms with van der Waals surface area (Å²) >= 11 is 0. The van der Waals surface area contributed by atoms with Gasteiger partial charge < -0.3 is 5.32 Å². The van der Waals surface area contributed by atoms with E-state index in [2.05, 4.69) is 27.2 Å². The second-order valence-electron chi connectivity index (χ2n) is 4.19. The van der Waals surface area contributed by atoms with E-state index in [0.29, 0.717) is 11.3 Å². The van der Waals surface area contributed by atoms with Gasteiger partial charge in [0.25, 0.3) is 0 Å². The third-order valence-electron chi connectivity index (χ3n) is 2.87. The molecule has 0 spiro atoms. The Morgan fingerprint density at radius 2 is 2.11 bits per heavy atom. The van der Waals surface area contributed by atoms with Crippen LogP contribution >= 0.6 is 0 Å². The number of aromatic nitrogens is 3. The quantitative estimate of drug-likeness (QED) is 0.897. The Morgan fingerprint density at radius 1 is 1.26 bits per heavy atom. The number of halogens is 1. The zero-order valence-corrected chi connectivity index (χ0v) is 11.2. The molecule has 0 saturated heterocycles. The van der Waals surface area contributed by atoms with Gasteiger partial charge in [0.1, 0.15) is 12.1 Å². The Bertz CT molecular complexity index is 557. The molecule has 4 nitrogen and oxygen atoms in total. The molecule has 0 atom stereocenters. The van der Waals surface area contributed by atoms with Gasteiger partial charge in [-0.3, -0.25) is 4.98 Å². The molecule has 0 amide bonds. The van der Waals surface area contributed by atoms with E-state index in [4.69, 9.17) is 0 Å². The SMILES string of the molecule is CCCNc1ncnc(-c2ccncc2F)c1CC. The second-order valence-corrected chi connectivity index (χ2v) is 4.19. The molecule has 2 heterocycles. The molecule has 100 valence electrons. The first-order chi connectivity index (χ1) is 9.27. The molecule has 0 unspecified atom stereocenters. The highest BCUT2D eigenvalue weighted by Gasteiger charge is 2.14. The van der Waals surface area contributed by atoms with E-state index in [1.165, 1.54) is 12.5 Å². The largest absolute Gasteiger partial charge is 0.370 e. The molecule has 0 bridgehead atoms. The smallest absolute Gasteiger partial charge is 0.150 e. The van der Waals surface area contributed by atoms with Crippen molar-refractivity contribution in [3.8, 4) is 11.3 Å². The van der Waals surface area contributed by atoms with Crippen LogP contribution in [0, 0.1) is 5.82 Å². The van der Waals surface area contributed by atoms with E-state index in [1.807, 2.05) is 6.92 Å². The standard InChI is InChI=1S/C14H17FN4/c1-3-6-17-14-10(4-2)13(18-9-19-14)11-5-7-16-8-12(11)15/h5,7-9H,3-4,6H2,1-2H3,(H,17,18,19). The Hall–Kier alpha value is -2.04. The van der Waals surface area contributed by atoms with Crippen molar-refractivity contribution in [3.05, 3.63) is 36.2 Å². The molecule has 0 saturated carbocycles. The molecule has 2 aromatic heterocycles. The monoisotopic (exact) mass is 260 g/mol. The lowest BCUT2D eigenvalue weighted by Gasteiger charge is -2.13. The predicted octanol–water partition coefficient (Wildman–Crippen LogP) is 3.06. The van der Waals surface area contributed by atoms with Crippen molar-refractivity contribution in [1.82, 2.24) is 15.0 Å². The first-order valence-corrected chi connectivity index (χ1v) is 6.45. The number of hydrogen-bond acceptors (Lipinski definition) is 4. The topological polar surface area (TPSA) is 50.7 Å². The Kier molecular flexibility index (Phi) is 4.39. The molecule has 2 aromatic rings. The van der Waals surface area contributed by atoms with Crippen LogP contribution in [0.2, 0.25) is 0 Å². The van der Waals surface area contributed by atoms with Gasteiger partial charge in [0, 0.05) is 23.9 Å². The van der Waals surface area contributed by atoms with Gasteiger partial charge in [0.05, 0.1) is 11.9 Å². The number of hydrogen-bond donors (Lipinski definition) is 1. The number of nitrogens with zero attached hydrogens (tertiary/aromatic N) is 3. The number of rotatable bonds is 5. The maximum Gasteiger partial charge on any atom is 0.150 e. The van der Waals surface area contributed by atoms with Crippen LogP contribution in [-0.4, -0.2) is 21.5 Å². The summed E-state index contributed by atoms with van der Waals surface area (Å²) in [5.41, 5.74) is 2.03. The maximum absolute atomic E-state index is 13.8. The van der Waals surface area contributed by atoms with Gasteiger partial charge in [-0.15, -0.1) is 0 Å². The zero-order chi connectivity index (χ0) is 13.7. The normalized spacial score (nSPS) is 10.5. The van der Waals surface area contributed by atoms with Crippen LogP contribution in [0.4, 0.5) is 10.2 Å². The summed E-state index contributed by atoms with van der Waals surface area (Å²) in [6.45, 7) is 4.93. The molecule has 0 aromatic carbocycles. The Morgan fingerprint density at radius 3 is 2.79 bits per heavy atom. The lowest BCUT2D eigenvalue weighted by atomic mass is 10.1. The fourth-order valence-corrected chi connectivity index (χ4v) is 1.94. The summed E-state index contributed by atoms with van der Waals surface area (Å²) in [7, 11) is 0. The van der Waals surface area contributed by atoms with Crippen molar-refractivity contribution in [2.24, 2.45) is 0 Å². The highest BCUT2D eigenvalue weighted by atomic mass is 19.1. The van der Waals surface area contributed by atoms with Crippen LogP contribution < -0.4 is 5.32 Å². The van der Waals surface area contributed by atoms with Crippen molar-refractivity contribution < 1.29 is 4.39 Å². The van der Waals surface area contributed by atoms with Crippen LogP contribution in [0.5, 0.6) is 0 Å². The van der Waals surface area contributed by atoms with E-state index in [-0.39, 0.29) is 5.82 Å². The Labute approximate surface area is 112 Å². The van der Waals surface area contributed by atoms with Gasteiger partial charge in [0.2, 0.25) is 0 Å². The van der Waals surface area contributed by atoms with Gasteiger partial charge in [-0.2, -0.15) is 0 Å². The second kappa shape index (κ2) is 6.22. The summed E-state index contributed by atoms with van der Waals surface area (Å²) in [6, 6.07) is 1.64. The average Bonchev–Trinajstić information content (AvgIpc) is 2.45. The van der Waals surface area contributed by atoms with Crippen LogP contribution in [0.25, 0.3) is 11.3 Å². The zero-order valence-electron chi connectivity index (χ0n) is 11.2. The van der Waals surface area contributed by atoms with Crippen molar-refractivity contribution in [3.63, 3.8) is 0 Å². The maximum atomic E-state index is 13.8. The van der Waals surface area contributed by atoms with Crippen molar-refractivity contribution in [2.45, 2.75) is 26.7 Å². The van der Waals surface area contributed by atoms with Crippen LogP contribution in [0.3, 0.4) is 0 Å². The van der Waals surface area contributed by atoms with Gasteiger partial charge in [-0.25, -0.2) is 14.4 Å². The molecule has 0 aliphatic heterocycles. The van der Waals surface area contributed by atoms with E-state index >= 15 is 0 Å². The fourth-order valence-electron chi connectivity index (χ4n) is 1.94. The lowest BCUT2D eigenvalue weighted by molar-refractivity contribution is 0.624. The minimum absolute atomic E-state index is 0.364. The van der Waals surface area contributed by atoms with E-state index in [1.54, 1.807) is 12.3 Å². The summed E-state index contributed by atoms with van der Waals surface area (Å²) in [6.07, 6.45) is 5.98. The summed E-state index contributed by atoms with van der Waals surface area (Å²) in [4.78, 5) is 12.2. The third kappa shape index (κ3) is 2.86. The molecule has 2 rings (SSSR count). The summed E-state index contributed by atoms with van der Waals surface area (Å²) in [5, 5.41) is 3.25. The molecule has 0 aliphatic rings. The van der Waals surface area contributed by atoms with Gasteiger partial charge in [-0.05, 0) is 18.9 Å². The molecule has 0 fully saturated rings. The molecule has 5 heteroatoms. The minimum atomic E-state index is -0.364. The number of nitrogens with one attached hydrogen (secondary N) is 1.